The van der Waals surface area contributed by atoms with Crippen molar-refractivity contribution in [3.05, 3.63) is 23.7 Å². The first-order valence-corrected chi connectivity index (χ1v) is 6.87. The normalized spacial score (nSPS) is 13.5. The lowest BCUT2D eigenvalue weighted by Gasteiger charge is -2.17. The zero-order valence-corrected chi connectivity index (χ0v) is 11.8. The smallest absolute Gasteiger partial charge is 0.284 e. The highest BCUT2D eigenvalue weighted by Gasteiger charge is 2.08. The van der Waals surface area contributed by atoms with E-state index in [-0.39, 0.29) is 5.75 Å². The Labute approximate surface area is 111 Å². The Morgan fingerprint density at radius 1 is 1.33 bits per heavy atom. The Morgan fingerprint density at radius 3 is 2.61 bits per heavy atom. The fraction of sp³-hybridized carbons (Fsp3) is 0.667. The van der Waals surface area contributed by atoms with Gasteiger partial charge in [0.2, 0.25) is 0 Å². The van der Waals surface area contributed by atoms with Gasteiger partial charge in [0.1, 0.15) is 11.5 Å². The van der Waals surface area contributed by atoms with Gasteiger partial charge in [-0.25, -0.2) is 0 Å². The maximum atomic E-state index is 12.0. The van der Waals surface area contributed by atoms with Crippen LogP contribution >= 0.6 is 11.8 Å². The number of hydrogen-bond donors (Lipinski definition) is 1. The lowest BCUT2D eigenvalue weighted by molar-refractivity contribution is 0.251. The maximum Gasteiger partial charge on any atom is 0.284 e. The topological polar surface area (TPSA) is 28.4 Å². The highest BCUT2D eigenvalue weighted by atomic mass is 32.2. The minimum Gasteiger partial charge on any atom is -0.464 e. The summed E-state index contributed by atoms with van der Waals surface area (Å²) < 4.78 is 29.5. The van der Waals surface area contributed by atoms with Gasteiger partial charge in [0, 0.05) is 12.6 Å². The molecule has 6 heteroatoms. The molecule has 0 bridgehead atoms. The molecular weight excluding hydrogens is 258 g/mol. The van der Waals surface area contributed by atoms with Gasteiger partial charge in [0.15, 0.2) is 0 Å². The Morgan fingerprint density at radius 2 is 2.00 bits per heavy atom. The first-order valence-electron chi connectivity index (χ1n) is 5.83. The number of rotatable bonds is 8. The van der Waals surface area contributed by atoms with Crippen molar-refractivity contribution in [1.29, 1.82) is 0 Å². The largest absolute Gasteiger partial charge is 0.464 e. The number of nitrogens with zero attached hydrogens (tertiary/aromatic N) is 1. The number of halogens is 2. The van der Waals surface area contributed by atoms with Crippen molar-refractivity contribution >= 4 is 11.8 Å². The van der Waals surface area contributed by atoms with Crippen LogP contribution in [0.15, 0.2) is 16.5 Å². The van der Waals surface area contributed by atoms with Gasteiger partial charge in [0.25, 0.3) is 5.76 Å². The van der Waals surface area contributed by atoms with Gasteiger partial charge in [0.05, 0.1) is 12.3 Å². The summed E-state index contributed by atoms with van der Waals surface area (Å²) in [7, 11) is 4.04. The summed E-state index contributed by atoms with van der Waals surface area (Å²) in [6, 6.07) is 3.93. The molecule has 1 aromatic rings. The predicted octanol–water partition coefficient (Wildman–Crippen LogP) is 2.78. The van der Waals surface area contributed by atoms with E-state index in [0.29, 0.717) is 30.1 Å². The number of furan rings is 1. The molecule has 0 saturated heterocycles. The summed E-state index contributed by atoms with van der Waals surface area (Å²) in [5.41, 5.74) is 0. The van der Waals surface area contributed by atoms with Crippen LogP contribution in [0.4, 0.5) is 8.78 Å². The molecule has 1 rings (SSSR count). The van der Waals surface area contributed by atoms with Crippen LogP contribution in [0.1, 0.15) is 18.4 Å². The Hall–Kier alpha value is -0.590. The molecular formula is C12H20F2N2OS. The quantitative estimate of drug-likeness (QED) is 0.791. The number of hydrogen-bond acceptors (Lipinski definition) is 4. The molecule has 1 aromatic heterocycles. The summed E-state index contributed by atoms with van der Waals surface area (Å²) >= 11 is 0.576. The second kappa shape index (κ2) is 7.76. The maximum absolute atomic E-state index is 12.0. The van der Waals surface area contributed by atoms with Crippen LogP contribution in [0.3, 0.4) is 0 Å². The van der Waals surface area contributed by atoms with Crippen LogP contribution in [0.2, 0.25) is 0 Å². The number of likely N-dealkylation sites (N-methyl/N-ethyl adjacent to an activating group) is 1. The minimum atomic E-state index is -2.35. The third kappa shape index (κ3) is 6.37. The van der Waals surface area contributed by atoms with E-state index in [0.717, 1.165) is 12.3 Å². The van der Waals surface area contributed by atoms with Crippen LogP contribution in [0.5, 0.6) is 0 Å². The highest BCUT2D eigenvalue weighted by molar-refractivity contribution is 7.98. The molecule has 0 saturated carbocycles. The Bertz CT molecular complexity index is 345. The predicted molar refractivity (Wildman–Crippen MR) is 70.9 cm³/mol. The van der Waals surface area contributed by atoms with Gasteiger partial charge in [-0.15, -0.1) is 0 Å². The van der Waals surface area contributed by atoms with E-state index in [1.807, 2.05) is 20.2 Å². The second-order valence-corrected chi connectivity index (χ2v) is 5.46. The molecule has 1 heterocycles. The average Bonchev–Trinajstić information content (AvgIpc) is 2.70. The first-order chi connectivity index (χ1) is 8.47. The van der Waals surface area contributed by atoms with E-state index in [4.69, 9.17) is 4.42 Å². The standard InChI is InChI=1S/C12H20F2N2OS/c1-9(7-16(2)3)15-6-10-4-5-11(17-10)8-18-12(13)14/h4-5,9,12,15H,6-8H2,1-3H3. The Kier molecular flexibility index (Phi) is 6.67. The van der Waals surface area contributed by atoms with E-state index in [1.54, 1.807) is 6.07 Å². The summed E-state index contributed by atoms with van der Waals surface area (Å²) in [5.74, 6) is -0.759. The van der Waals surface area contributed by atoms with Crippen LogP contribution < -0.4 is 5.32 Å². The van der Waals surface area contributed by atoms with Crippen LogP contribution in [-0.4, -0.2) is 37.3 Å². The fourth-order valence-corrected chi connectivity index (χ4v) is 2.07. The molecule has 1 unspecified atom stereocenters. The summed E-state index contributed by atoms with van der Waals surface area (Å²) in [5, 5.41) is 3.32. The molecule has 0 aliphatic heterocycles. The molecule has 0 aliphatic rings. The van der Waals surface area contributed by atoms with E-state index in [2.05, 4.69) is 17.1 Å². The van der Waals surface area contributed by atoms with Crippen LogP contribution in [-0.2, 0) is 12.3 Å². The Balaban J connectivity index is 2.30. The summed E-state index contributed by atoms with van der Waals surface area (Å²) in [6.45, 7) is 3.65. The number of thioether (sulfide) groups is 1. The molecule has 0 aromatic carbocycles. The number of alkyl halides is 2. The lowest BCUT2D eigenvalue weighted by Crippen LogP contribution is -2.35. The molecule has 104 valence electrons. The number of nitrogens with one attached hydrogen (secondary N) is 1. The van der Waals surface area contributed by atoms with E-state index in [1.165, 1.54) is 0 Å². The first kappa shape index (κ1) is 15.5. The second-order valence-electron chi connectivity index (χ2n) is 4.48. The van der Waals surface area contributed by atoms with Crippen molar-refractivity contribution in [1.82, 2.24) is 10.2 Å². The van der Waals surface area contributed by atoms with Crippen molar-refractivity contribution in [3.8, 4) is 0 Å². The third-order valence-electron chi connectivity index (χ3n) is 2.33. The van der Waals surface area contributed by atoms with Crippen molar-refractivity contribution in [2.45, 2.75) is 31.0 Å². The SMILES string of the molecule is CC(CN(C)C)NCc1ccc(CSC(F)F)o1. The van der Waals surface area contributed by atoms with Crippen molar-refractivity contribution in [3.63, 3.8) is 0 Å². The monoisotopic (exact) mass is 278 g/mol. The molecule has 0 spiro atoms. The zero-order chi connectivity index (χ0) is 13.5. The van der Waals surface area contributed by atoms with Gasteiger partial charge in [-0.1, -0.05) is 11.8 Å². The van der Waals surface area contributed by atoms with E-state index < -0.39 is 5.76 Å². The molecule has 0 radical (unpaired) electrons. The van der Waals surface area contributed by atoms with Gasteiger partial charge in [-0.2, -0.15) is 8.78 Å². The third-order valence-corrected chi connectivity index (χ3v) is 3.04. The molecule has 0 amide bonds. The molecule has 0 aliphatic carbocycles. The lowest BCUT2D eigenvalue weighted by atomic mass is 10.3. The van der Waals surface area contributed by atoms with Gasteiger partial charge in [-0.3, -0.25) is 0 Å². The molecule has 1 atom stereocenters. The van der Waals surface area contributed by atoms with Gasteiger partial charge in [-0.05, 0) is 33.2 Å². The van der Waals surface area contributed by atoms with Crippen molar-refractivity contribution in [2.24, 2.45) is 0 Å². The van der Waals surface area contributed by atoms with Gasteiger partial charge >= 0.3 is 0 Å². The van der Waals surface area contributed by atoms with Crippen LogP contribution in [0.25, 0.3) is 0 Å². The molecule has 3 nitrogen and oxygen atoms in total. The van der Waals surface area contributed by atoms with Crippen LogP contribution in [0, 0.1) is 0 Å². The van der Waals surface area contributed by atoms with E-state index >= 15 is 0 Å². The summed E-state index contributed by atoms with van der Waals surface area (Å²) in [4.78, 5) is 2.10. The van der Waals surface area contributed by atoms with Crippen molar-refractivity contribution in [2.75, 3.05) is 20.6 Å². The zero-order valence-electron chi connectivity index (χ0n) is 11.0. The molecule has 1 N–H and O–H groups in total. The fourth-order valence-electron chi connectivity index (χ4n) is 1.63. The van der Waals surface area contributed by atoms with Crippen molar-refractivity contribution < 1.29 is 13.2 Å². The van der Waals surface area contributed by atoms with E-state index in [9.17, 15) is 8.78 Å². The minimum absolute atomic E-state index is 0.213. The average molecular weight is 278 g/mol. The van der Waals surface area contributed by atoms with Gasteiger partial charge < -0.3 is 14.6 Å². The highest BCUT2D eigenvalue weighted by Crippen LogP contribution is 2.21. The molecule has 18 heavy (non-hydrogen) atoms. The molecule has 0 fully saturated rings. The summed E-state index contributed by atoms with van der Waals surface area (Å²) in [6.07, 6.45) is 0.